The van der Waals surface area contributed by atoms with E-state index in [-0.39, 0.29) is 0 Å². The van der Waals surface area contributed by atoms with Crippen LogP contribution < -0.4 is 5.73 Å². The normalized spacial score (nSPS) is 8.24. The van der Waals surface area contributed by atoms with E-state index in [0.29, 0.717) is 0 Å². The lowest BCUT2D eigenvalue weighted by molar-refractivity contribution is 1.50. The molecule has 2 heteroatoms. The molecule has 0 atom stereocenters. The number of benzene rings is 2. The van der Waals surface area contributed by atoms with Crippen LogP contribution in [0.25, 0.3) is 11.1 Å². The molecule has 2 aromatic rings. The number of thiol groups is 1. The number of nitrogens with two attached hydrogens (primary N) is 1. The van der Waals surface area contributed by atoms with Gasteiger partial charge in [0.15, 0.2) is 0 Å². The summed E-state index contributed by atoms with van der Waals surface area (Å²) in [4.78, 5) is 0. The zero-order valence-electron chi connectivity index (χ0n) is 10.7. The maximum absolute atomic E-state index is 5.60. The van der Waals surface area contributed by atoms with Gasteiger partial charge in [-0.15, -0.1) is 0 Å². The second-order valence-electron chi connectivity index (χ2n) is 2.99. The van der Waals surface area contributed by atoms with E-state index in [2.05, 4.69) is 24.8 Å². The Labute approximate surface area is 110 Å². The van der Waals surface area contributed by atoms with Crippen molar-refractivity contribution < 1.29 is 0 Å². The van der Waals surface area contributed by atoms with Crippen LogP contribution in [0, 0.1) is 0 Å². The minimum atomic E-state index is 0.805. The highest BCUT2D eigenvalue weighted by molar-refractivity contribution is 7.79. The van der Waals surface area contributed by atoms with Crippen molar-refractivity contribution in [3.63, 3.8) is 0 Å². The van der Waals surface area contributed by atoms with Crippen molar-refractivity contribution in [3.05, 3.63) is 54.6 Å². The van der Waals surface area contributed by atoms with Gasteiger partial charge in [-0.2, -0.15) is 12.6 Å². The Morgan fingerprint density at radius 2 is 1.12 bits per heavy atom. The Hall–Kier alpha value is -1.41. The van der Waals surface area contributed by atoms with Crippen molar-refractivity contribution >= 4 is 18.3 Å². The van der Waals surface area contributed by atoms with Gasteiger partial charge in [-0.25, -0.2) is 0 Å². The van der Waals surface area contributed by atoms with Crippen LogP contribution in [0.5, 0.6) is 0 Å². The Morgan fingerprint density at radius 1 is 0.706 bits per heavy atom. The molecule has 2 rings (SSSR count). The molecule has 2 aromatic carbocycles. The first kappa shape index (κ1) is 15.6. The Bertz CT molecular complexity index is 381. The molecule has 0 unspecified atom stereocenters. The Balaban J connectivity index is 0.000000581. The standard InChI is InChI=1S/C12H11N.C2H6.CH4S/c13-12-8-6-11(7-9-12)10-4-2-1-3-5-10;2*1-2/h1-9H,13H2;1-2H3;2H,1H3. The molecule has 0 radical (unpaired) electrons. The van der Waals surface area contributed by atoms with E-state index in [4.69, 9.17) is 5.73 Å². The maximum Gasteiger partial charge on any atom is 0.0314 e. The lowest BCUT2D eigenvalue weighted by Gasteiger charge is -2.00. The van der Waals surface area contributed by atoms with E-state index in [0.717, 1.165) is 5.69 Å². The van der Waals surface area contributed by atoms with Crippen LogP contribution in [0.2, 0.25) is 0 Å². The van der Waals surface area contributed by atoms with E-state index in [9.17, 15) is 0 Å². The molecule has 0 amide bonds. The minimum Gasteiger partial charge on any atom is -0.399 e. The Kier molecular flexibility index (Phi) is 8.98. The zero-order chi connectivity index (χ0) is 13.1. The summed E-state index contributed by atoms with van der Waals surface area (Å²) in [5.41, 5.74) is 8.84. The van der Waals surface area contributed by atoms with Gasteiger partial charge >= 0.3 is 0 Å². The lowest BCUT2D eigenvalue weighted by atomic mass is 10.1. The van der Waals surface area contributed by atoms with E-state index in [1.54, 1.807) is 6.26 Å². The first-order chi connectivity index (χ1) is 8.36. The van der Waals surface area contributed by atoms with Crippen LogP contribution in [0.3, 0.4) is 0 Å². The highest BCUT2D eigenvalue weighted by atomic mass is 32.1. The number of hydrogen-bond donors (Lipinski definition) is 2. The molecule has 0 heterocycles. The van der Waals surface area contributed by atoms with Crippen LogP contribution >= 0.6 is 12.6 Å². The molecule has 0 aliphatic rings. The first-order valence-electron chi connectivity index (χ1n) is 5.72. The van der Waals surface area contributed by atoms with Crippen molar-refractivity contribution in [3.8, 4) is 11.1 Å². The van der Waals surface area contributed by atoms with Gasteiger partial charge < -0.3 is 5.73 Å². The van der Waals surface area contributed by atoms with Crippen LogP contribution in [0.15, 0.2) is 54.6 Å². The van der Waals surface area contributed by atoms with Gasteiger partial charge in [0.25, 0.3) is 0 Å². The second kappa shape index (κ2) is 9.79. The SMILES string of the molecule is CC.CS.Nc1ccc(-c2ccccc2)cc1. The van der Waals surface area contributed by atoms with Crippen LogP contribution in [0.4, 0.5) is 5.69 Å². The van der Waals surface area contributed by atoms with Gasteiger partial charge in [0.1, 0.15) is 0 Å². The molecular weight excluding hydrogens is 226 g/mol. The molecule has 0 aromatic heterocycles. The summed E-state index contributed by atoms with van der Waals surface area (Å²) < 4.78 is 0. The van der Waals surface area contributed by atoms with Gasteiger partial charge in [0.05, 0.1) is 0 Å². The molecule has 17 heavy (non-hydrogen) atoms. The van der Waals surface area contributed by atoms with Gasteiger partial charge in [0, 0.05) is 5.69 Å². The largest absolute Gasteiger partial charge is 0.399 e. The summed E-state index contributed by atoms with van der Waals surface area (Å²) in [5, 5.41) is 0. The van der Waals surface area contributed by atoms with Gasteiger partial charge in [0.2, 0.25) is 0 Å². The van der Waals surface area contributed by atoms with Crippen LogP contribution in [-0.2, 0) is 0 Å². The Morgan fingerprint density at radius 3 is 1.59 bits per heavy atom. The average molecular weight is 247 g/mol. The quantitative estimate of drug-likeness (QED) is 0.563. The third-order valence-corrected chi connectivity index (χ3v) is 2.02. The van der Waals surface area contributed by atoms with Gasteiger partial charge in [-0.05, 0) is 29.5 Å². The van der Waals surface area contributed by atoms with Crippen LogP contribution in [0.1, 0.15) is 13.8 Å². The fourth-order valence-corrected chi connectivity index (χ4v) is 1.31. The smallest absolute Gasteiger partial charge is 0.0314 e. The van der Waals surface area contributed by atoms with Crippen molar-refractivity contribution in [2.24, 2.45) is 0 Å². The van der Waals surface area contributed by atoms with Crippen molar-refractivity contribution in [1.82, 2.24) is 0 Å². The summed E-state index contributed by atoms with van der Waals surface area (Å²) in [6.07, 6.45) is 1.69. The third kappa shape index (κ3) is 5.45. The summed E-state index contributed by atoms with van der Waals surface area (Å²) in [6, 6.07) is 18.2. The minimum absolute atomic E-state index is 0.805. The topological polar surface area (TPSA) is 26.0 Å². The number of anilines is 1. The molecule has 0 saturated carbocycles. The molecule has 0 fully saturated rings. The van der Waals surface area contributed by atoms with Crippen LogP contribution in [-0.4, -0.2) is 6.26 Å². The highest BCUT2D eigenvalue weighted by Crippen LogP contribution is 2.19. The fourth-order valence-electron chi connectivity index (χ4n) is 1.31. The predicted molar refractivity (Wildman–Crippen MR) is 82.5 cm³/mol. The van der Waals surface area contributed by atoms with E-state index < -0.39 is 0 Å². The summed E-state index contributed by atoms with van der Waals surface area (Å²) >= 11 is 3.53. The van der Waals surface area contributed by atoms with E-state index in [1.165, 1.54) is 11.1 Å². The summed E-state index contributed by atoms with van der Waals surface area (Å²) in [5.74, 6) is 0. The maximum atomic E-state index is 5.60. The third-order valence-electron chi connectivity index (χ3n) is 2.02. The number of nitrogen functional groups attached to an aromatic ring is 1. The van der Waals surface area contributed by atoms with Crippen molar-refractivity contribution in [2.75, 3.05) is 12.0 Å². The van der Waals surface area contributed by atoms with E-state index >= 15 is 0 Å². The second-order valence-corrected chi connectivity index (χ2v) is 2.99. The monoisotopic (exact) mass is 247 g/mol. The molecule has 92 valence electrons. The lowest BCUT2D eigenvalue weighted by Crippen LogP contribution is -1.83. The molecule has 2 N–H and O–H groups in total. The molecule has 0 bridgehead atoms. The van der Waals surface area contributed by atoms with Gasteiger partial charge in [-0.1, -0.05) is 56.3 Å². The number of hydrogen-bond acceptors (Lipinski definition) is 2. The molecule has 0 aliphatic heterocycles. The summed E-state index contributed by atoms with van der Waals surface area (Å²) in [6.45, 7) is 4.00. The molecular formula is C15H21NS. The summed E-state index contributed by atoms with van der Waals surface area (Å²) in [7, 11) is 0. The fraction of sp³-hybridized carbons (Fsp3) is 0.200. The molecule has 0 spiro atoms. The first-order valence-corrected chi connectivity index (χ1v) is 6.61. The number of rotatable bonds is 1. The van der Waals surface area contributed by atoms with Crippen molar-refractivity contribution in [2.45, 2.75) is 13.8 Å². The van der Waals surface area contributed by atoms with E-state index in [1.807, 2.05) is 56.3 Å². The molecule has 0 aliphatic carbocycles. The zero-order valence-corrected chi connectivity index (χ0v) is 11.6. The molecule has 0 saturated heterocycles. The van der Waals surface area contributed by atoms with Gasteiger partial charge in [-0.3, -0.25) is 0 Å². The predicted octanol–water partition coefficient (Wildman–Crippen LogP) is 4.51. The highest BCUT2D eigenvalue weighted by Gasteiger charge is 1.94. The molecule has 1 nitrogen and oxygen atoms in total. The average Bonchev–Trinajstić information content (AvgIpc) is 2.45. The van der Waals surface area contributed by atoms with Crippen molar-refractivity contribution in [1.29, 1.82) is 0 Å².